The maximum atomic E-state index is 12.3. The first-order chi connectivity index (χ1) is 13.0. The molecule has 0 unspecified atom stereocenters. The zero-order valence-electron chi connectivity index (χ0n) is 15.8. The molecule has 0 bridgehead atoms. The number of hydrogen-bond acceptors (Lipinski definition) is 5. The van der Waals surface area contributed by atoms with E-state index in [9.17, 15) is 4.79 Å². The van der Waals surface area contributed by atoms with Gasteiger partial charge in [-0.05, 0) is 57.0 Å². The first-order valence-corrected chi connectivity index (χ1v) is 9.89. The van der Waals surface area contributed by atoms with Crippen molar-refractivity contribution in [1.29, 1.82) is 0 Å². The normalized spacial score (nSPS) is 11.0. The molecule has 0 fully saturated rings. The number of carbonyl (C=O) groups excluding carboxylic acids is 1. The molecule has 1 amide bonds. The largest absolute Gasteiger partial charge is 0.491 e. The number of carbonyl (C=O) groups is 1. The van der Waals surface area contributed by atoms with Crippen molar-refractivity contribution in [3.8, 4) is 16.3 Å². The monoisotopic (exact) mass is 384 g/mol. The molecule has 0 spiro atoms. The van der Waals surface area contributed by atoms with Gasteiger partial charge in [0.1, 0.15) is 16.5 Å². The van der Waals surface area contributed by atoms with Crippen LogP contribution in [0.25, 0.3) is 10.6 Å². The van der Waals surface area contributed by atoms with Gasteiger partial charge < -0.3 is 10.1 Å². The molecule has 0 radical (unpaired) electrons. The molecule has 7 heteroatoms. The average Bonchev–Trinajstić information content (AvgIpc) is 3.28. The Bertz CT molecular complexity index is 884. The average molecular weight is 385 g/mol. The van der Waals surface area contributed by atoms with Crippen molar-refractivity contribution < 1.29 is 9.53 Å². The van der Waals surface area contributed by atoms with Crippen LogP contribution in [0.2, 0.25) is 0 Å². The summed E-state index contributed by atoms with van der Waals surface area (Å²) in [5.41, 5.74) is 2.56. The van der Waals surface area contributed by atoms with E-state index < -0.39 is 0 Å². The molecule has 27 heavy (non-hydrogen) atoms. The van der Waals surface area contributed by atoms with E-state index in [0.717, 1.165) is 34.8 Å². The second kappa shape index (κ2) is 8.81. The highest BCUT2D eigenvalue weighted by molar-refractivity contribution is 7.13. The molecule has 142 valence electrons. The quantitative estimate of drug-likeness (QED) is 0.598. The van der Waals surface area contributed by atoms with Crippen LogP contribution in [-0.4, -0.2) is 33.3 Å². The minimum atomic E-state index is -0.145. The van der Waals surface area contributed by atoms with E-state index >= 15 is 0 Å². The summed E-state index contributed by atoms with van der Waals surface area (Å²) in [6.07, 6.45) is 4.78. The van der Waals surface area contributed by atoms with Crippen molar-refractivity contribution in [1.82, 2.24) is 20.1 Å². The van der Waals surface area contributed by atoms with E-state index in [4.69, 9.17) is 4.74 Å². The van der Waals surface area contributed by atoms with E-state index in [1.165, 1.54) is 11.3 Å². The smallest absolute Gasteiger partial charge is 0.270 e. The number of nitrogens with one attached hydrogen (secondary N) is 1. The Morgan fingerprint density at radius 1 is 1.30 bits per heavy atom. The Balaban J connectivity index is 1.51. The van der Waals surface area contributed by atoms with E-state index in [2.05, 4.69) is 15.4 Å². The summed E-state index contributed by atoms with van der Waals surface area (Å²) >= 11 is 1.46. The van der Waals surface area contributed by atoms with E-state index in [1.807, 2.05) is 62.1 Å². The van der Waals surface area contributed by atoms with Crippen LogP contribution in [0.15, 0.2) is 42.0 Å². The van der Waals surface area contributed by atoms with Gasteiger partial charge in [-0.15, -0.1) is 11.3 Å². The number of rotatable bonds is 8. The van der Waals surface area contributed by atoms with Crippen molar-refractivity contribution in [3.05, 3.63) is 53.3 Å². The number of aromatic nitrogens is 3. The van der Waals surface area contributed by atoms with Crippen LogP contribution in [-0.2, 0) is 6.54 Å². The first-order valence-electron chi connectivity index (χ1n) is 9.01. The van der Waals surface area contributed by atoms with Gasteiger partial charge >= 0.3 is 0 Å². The molecule has 1 N–H and O–H groups in total. The highest BCUT2D eigenvalue weighted by Crippen LogP contribution is 2.26. The summed E-state index contributed by atoms with van der Waals surface area (Å²) in [6.45, 7) is 7.37. The maximum absolute atomic E-state index is 12.3. The maximum Gasteiger partial charge on any atom is 0.270 e. The third kappa shape index (κ3) is 5.40. The highest BCUT2D eigenvalue weighted by Gasteiger charge is 2.11. The van der Waals surface area contributed by atoms with Crippen LogP contribution in [0.1, 0.15) is 36.3 Å². The number of hydrogen-bond donors (Lipinski definition) is 1. The summed E-state index contributed by atoms with van der Waals surface area (Å²) in [4.78, 5) is 16.7. The molecule has 0 aliphatic rings. The third-order valence-corrected chi connectivity index (χ3v) is 4.71. The van der Waals surface area contributed by atoms with Crippen LogP contribution in [0.4, 0.5) is 0 Å². The number of thiazole rings is 1. The van der Waals surface area contributed by atoms with Gasteiger partial charge in [-0.3, -0.25) is 9.48 Å². The van der Waals surface area contributed by atoms with Crippen LogP contribution in [0, 0.1) is 6.92 Å². The lowest BCUT2D eigenvalue weighted by Gasteiger charge is -2.09. The SMILES string of the molecule is Cc1cnn(CCCNC(=O)c2csc(-c3ccc(OC(C)C)cc3)n2)c1. The lowest BCUT2D eigenvalue weighted by molar-refractivity contribution is 0.0948. The topological polar surface area (TPSA) is 69.0 Å². The molecule has 2 heterocycles. The lowest BCUT2D eigenvalue weighted by atomic mass is 10.2. The Morgan fingerprint density at radius 3 is 2.74 bits per heavy atom. The lowest BCUT2D eigenvalue weighted by Crippen LogP contribution is -2.25. The van der Waals surface area contributed by atoms with Gasteiger partial charge in [0.15, 0.2) is 0 Å². The second-order valence-corrected chi connectivity index (χ2v) is 7.48. The van der Waals surface area contributed by atoms with Gasteiger partial charge in [-0.1, -0.05) is 0 Å². The summed E-state index contributed by atoms with van der Waals surface area (Å²) in [5, 5.41) is 9.76. The minimum absolute atomic E-state index is 0.142. The van der Waals surface area contributed by atoms with Gasteiger partial charge in [0.25, 0.3) is 5.91 Å². The van der Waals surface area contributed by atoms with Crippen LogP contribution >= 0.6 is 11.3 Å². The molecule has 0 aliphatic heterocycles. The standard InChI is InChI=1S/C20H24N4O2S/c1-14(2)26-17-7-5-16(6-8-17)20-23-18(13-27-20)19(25)21-9-4-10-24-12-15(3)11-22-24/h5-8,11-14H,4,9-10H2,1-3H3,(H,21,25). The summed E-state index contributed by atoms with van der Waals surface area (Å²) in [6, 6.07) is 7.77. The predicted molar refractivity (Wildman–Crippen MR) is 107 cm³/mol. The van der Waals surface area contributed by atoms with Crippen molar-refractivity contribution in [2.24, 2.45) is 0 Å². The van der Waals surface area contributed by atoms with Crippen molar-refractivity contribution in [2.75, 3.05) is 6.54 Å². The Labute approximate surface area is 163 Å². The summed E-state index contributed by atoms with van der Waals surface area (Å²) < 4.78 is 7.53. The Hall–Kier alpha value is -2.67. The Morgan fingerprint density at radius 2 is 2.07 bits per heavy atom. The number of ether oxygens (including phenoxy) is 1. The van der Waals surface area contributed by atoms with Crippen LogP contribution < -0.4 is 10.1 Å². The minimum Gasteiger partial charge on any atom is -0.491 e. The number of amides is 1. The van der Waals surface area contributed by atoms with E-state index in [-0.39, 0.29) is 12.0 Å². The predicted octanol–water partition coefficient (Wildman–Crippen LogP) is 3.92. The molecule has 0 saturated carbocycles. The van der Waals surface area contributed by atoms with Gasteiger partial charge in [-0.25, -0.2) is 4.98 Å². The highest BCUT2D eigenvalue weighted by atomic mass is 32.1. The molecule has 0 saturated heterocycles. The van der Waals surface area contributed by atoms with Gasteiger partial charge in [0.2, 0.25) is 0 Å². The van der Waals surface area contributed by atoms with Gasteiger partial charge in [0, 0.05) is 30.2 Å². The summed E-state index contributed by atoms with van der Waals surface area (Å²) in [7, 11) is 0. The Kier molecular flexibility index (Phi) is 6.24. The zero-order chi connectivity index (χ0) is 19.2. The molecule has 0 aliphatic carbocycles. The van der Waals surface area contributed by atoms with Crippen molar-refractivity contribution in [2.45, 2.75) is 39.8 Å². The fourth-order valence-corrected chi connectivity index (χ4v) is 3.39. The number of nitrogens with zero attached hydrogens (tertiary/aromatic N) is 3. The van der Waals surface area contributed by atoms with Gasteiger partial charge in [-0.2, -0.15) is 5.10 Å². The zero-order valence-corrected chi connectivity index (χ0v) is 16.6. The molecule has 2 aromatic heterocycles. The molecule has 3 aromatic rings. The fourth-order valence-electron chi connectivity index (χ4n) is 2.58. The molecule has 6 nitrogen and oxygen atoms in total. The molecular weight excluding hydrogens is 360 g/mol. The molecule has 0 atom stereocenters. The first kappa shape index (κ1) is 19.1. The number of benzene rings is 1. The molecular formula is C20H24N4O2S. The van der Waals surface area contributed by atoms with Crippen LogP contribution in [0.3, 0.4) is 0 Å². The van der Waals surface area contributed by atoms with Gasteiger partial charge in [0.05, 0.1) is 12.3 Å². The fraction of sp³-hybridized carbons (Fsp3) is 0.350. The third-order valence-electron chi connectivity index (χ3n) is 3.82. The second-order valence-electron chi connectivity index (χ2n) is 6.62. The molecule has 1 aromatic carbocycles. The van der Waals surface area contributed by atoms with Crippen molar-refractivity contribution in [3.63, 3.8) is 0 Å². The number of aryl methyl sites for hydroxylation is 2. The van der Waals surface area contributed by atoms with E-state index in [1.54, 1.807) is 5.38 Å². The molecule has 3 rings (SSSR count). The van der Waals surface area contributed by atoms with E-state index in [0.29, 0.717) is 12.2 Å². The van der Waals surface area contributed by atoms with Crippen LogP contribution in [0.5, 0.6) is 5.75 Å². The van der Waals surface area contributed by atoms with Crippen molar-refractivity contribution >= 4 is 17.2 Å². The summed E-state index contributed by atoms with van der Waals surface area (Å²) in [5.74, 6) is 0.685.